The van der Waals surface area contributed by atoms with Gasteiger partial charge in [0.2, 0.25) is 0 Å². The number of hydrogen-bond donors (Lipinski definition) is 2. The molecule has 2 aromatic heterocycles. The molecule has 0 saturated heterocycles. The van der Waals surface area contributed by atoms with E-state index in [1.54, 1.807) is 30.9 Å². The lowest BCUT2D eigenvalue weighted by molar-refractivity contribution is 0.0624. The maximum atomic E-state index is 11.7. The Hall–Kier alpha value is -2.91. The van der Waals surface area contributed by atoms with Gasteiger partial charge in [0.1, 0.15) is 11.2 Å². The van der Waals surface area contributed by atoms with Crippen molar-refractivity contribution in [3.8, 4) is 11.8 Å². The first-order valence-corrected chi connectivity index (χ1v) is 11.9. The molecule has 190 valence electrons. The molecule has 0 saturated carbocycles. The number of aromatic nitrogens is 2. The number of anilines is 2. The molecule has 0 aliphatic heterocycles. The second-order valence-corrected chi connectivity index (χ2v) is 10.7. The Morgan fingerprint density at radius 1 is 0.914 bits per heavy atom. The highest BCUT2D eigenvalue weighted by Crippen LogP contribution is 2.17. The lowest BCUT2D eigenvalue weighted by atomic mass is 10.2. The third-order valence-corrected chi connectivity index (χ3v) is 4.42. The Labute approximate surface area is 221 Å². The third kappa shape index (κ3) is 14.2. The van der Waals surface area contributed by atoms with E-state index in [0.717, 1.165) is 3.57 Å². The van der Waals surface area contributed by atoms with Gasteiger partial charge in [0.25, 0.3) is 0 Å². The molecule has 2 rings (SSSR count). The van der Waals surface area contributed by atoms with E-state index in [0.29, 0.717) is 23.5 Å². The number of halogens is 1. The lowest BCUT2D eigenvalue weighted by Gasteiger charge is -2.19. The zero-order chi connectivity index (χ0) is 26.6. The van der Waals surface area contributed by atoms with Crippen LogP contribution in [0.5, 0.6) is 0 Å². The molecule has 0 fully saturated rings. The monoisotopic (exact) mass is 595 g/mol. The van der Waals surface area contributed by atoms with Gasteiger partial charge >= 0.3 is 12.2 Å². The van der Waals surface area contributed by atoms with Crippen molar-refractivity contribution >= 4 is 46.2 Å². The van der Waals surface area contributed by atoms with Crippen molar-refractivity contribution in [1.29, 1.82) is 0 Å². The van der Waals surface area contributed by atoms with Crippen LogP contribution < -0.4 is 10.6 Å². The minimum absolute atomic E-state index is 0.464. The van der Waals surface area contributed by atoms with E-state index < -0.39 is 23.4 Å². The van der Waals surface area contributed by atoms with Gasteiger partial charge in [-0.1, -0.05) is 11.8 Å². The topological polar surface area (TPSA) is 106 Å². The Morgan fingerprint density at radius 2 is 1.40 bits per heavy atom. The molecule has 0 bridgehead atoms. The van der Waals surface area contributed by atoms with Crippen LogP contribution in [-0.2, 0) is 9.47 Å². The maximum absolute atomic E-state index is 11.7. The van der Waals surface area contributed by atoms with E-state index in [9.17, 15) is 9.59 Å². The molecule has 2 amide bonds. The van der Waals surface area contributed by atoms with Crippen LogP contribution in [0.4, 0.5) is 21.0 Å². The highest BCUT2D eigenvalue weighted by atomic mass is 127. The highest BCUT2D eigenvalue weighted by Gasteiger charge is 2.17. The highest BCUT2D eigenvalue weighted by molar-refractivity contribution is 14.1. The number of pyridine rings is 2. The summed E-state index contributed by atoms with van der Waals surface area (Å²) in [5.74, 6) is 6.03. The van der Waals surface area contributed by atoms with E-state index in [1.807, 2.05) is 66.6 Å². The smallest absolute Gasteiger partial charge is 0.412 e. The van der Waals surface area contributed by atoms with Crippen molar-refractivity contribution in [2.24, 2.45) is 0 Å². The molecule has 0 aromatic carbocycles. The first-order chi connectivity index (χ1) is 16.2. The van der Waals surface area contributed by atoms with Crippen LogP contribution in [0.2, 0.25) is 0 Å². The molecular weight excluding hydrogens is 561 g/mol. The van der Waals surface area contributed by atoms with Crippen LogP contribution in [-0.4, -0.2) is 58.9 Å². The van der Waals surface area contributed by atoms with Crippen LogP contribution >= 0.6 is 22.6 Å². The average Bonchev–Trinajstić information content (AvgIpc) is 2.68. The van der Waals surface area contributed by atoms with E-state index in [1.165, 1.54) is 0 Å². The number of carbonyl (C=O) groups excluding carboxylic acids is 2. The summed E-state index contributed by atoms with van der Waals surface area (Å²) < 4.78 is 11.2. The second kappa shape index (κ2) is 13.8. The lowest BCUT2D eigenvalue weighted by Crippen LogP contribution is -2.27. The number of carbonyl (C=O) groups is 2. The van der Waals surface area contributed by atoms with Crippen molar-refractivity contribution < 1.29 is 19.1 Å². The van der Waals surface area contributed by atoms with Gasteiger partial charge in [0.05, 0.1) is 35.9 Å². The third-order valence-electron chi connectivity index (χ3n) is 3.48. The first-order valence-electron chi connectivity index (χ1n) is 10.8. The zero-order valence-electron chi connectivity index (χ0n) is 21.5. The SMILES string of the molecule is CC(C)(C)OC(=O)Nc1cnccc1I.CN(C)CC#Cc1ccncc1NC(=O)OC(C)(C)C. The van der Waals surface area contributed by atoms with Crippen LogP contribution in [0, 0.1) is 15.4 Å². The van der Waals surface area contributed by atoms with Crippen molar-refractivity contribution in [3.63, 3.8) is 0 Å². The predicted octanol–water partition coefficient (Wildman–Crippen LogP) is 5.37. The van der Waals surface area contributed by atoms with Crippen LogP contribution in [0.15, 0.2) is 36.9 Å². The molecule has 2 aromatic rings. The number of nitrogens with one attached hydrogen (secondary N) is 2. The van der Waals surface area contributed by atoms with Crippen molar-refractivity contribution in [2.75, 3.05) is 31.3 Å². The Balaban J connectivity index is 0.000000365. The quantitative estimate of drug-likeness (QED) is 0.363. The fraction of sp³-hybridized carbons (Fsp3) is 0.440. The van der Waals surface area contributed by atoms with Gasteiger partial charge in [-0.05, 0) is 90.4 Å². The molecule has 0 aliphatic rings. The molecular formula is C25H34IN5O4. The van der Waals surface area contributed by atoms with Crippen molar-refractivity contribution in [2.45, 2.75) is 52.7 Å². The minimum Gasteiger partial charge on any atom is -0.444 e. The molecule has 2 heterocycles. The van der Waals surface area contributed by atoms with Crippen molar-refractivity contribution in [3.05, 3.63) is 46.1 Å². The number of amides is 2. The Bertz CT molecular complexity index is 1050. The fourth-order valence-corrected chi connectivity index (χ4v) is 2.63. The van der Waals surface area contributed by atoms with Gasteiger partial charge in [-0.15, -0.1) is 0 Å². The molecule has 0 radical (unpaired) electrons. The molecule has 0 aliphatic carbocycles. The van der Waals surface area contributed by atoms with Crippen LogP contribution in [0.25, 0.3) is 0 Å². The largest absolute Gasteiger partial charge is 0.444 e. The summed E-state index contributed by atoms with van der Waals surface area (Å²) in [6.45, 7) is 11.5. The van der Waals surface area contributed by atoms with E-state index in [2.05, 4.69) is 55.0 Å². The maximum Gasteiger partial charge on any atom is 0.412 e. The second-order valence-electron chi connectivity index (χ2n) is 9.57. The predicted molar refractivity (Wildman–Crippen MR) is 146 cm³/mol. The summed E-state index contributed by atoms with van der Waals surface area (Å²) >= 11 is 2.12. The van der Waals surface area contributed by atoms with E-state index >= 15 is 0 Å². The summed E-state index contributed by atoms with van der Waals surface area (Å²) in [6, 6.07) is 3.57. The normalized spacial score (nSPS) is 10.8. The summed E-state index contributed by atoms with van der Waals surface area (Å²) in [5, 5.41) is 5.30. The average molecular weight is 595 g/mol. The molecule has 0 spiro atoms. The molecule has 0 unspecified atom stereocenters. The van der Waals surface area contributed by atoms with E-state index in [-0.39, 0.29) is 0 Å². The minimum atomic E-state index is -0.539. The standard InChI is InChI=1S/C15H21N3O2.C10H13IN2O2/c1-15(2,3)20-14(19)17-13-11-16-9-8-12(13)7-6-10-18(4)5;1-10(2,3)15-9(14)13-8-6-12-5-4-7(8)11/h8-9,11H,10H2,1-5H3,(H,17,19);4-6H,1-3H3,(H,13,14). The van der Waals surface area contributed by atoms with Crippen LogP contribution in [0.1, 0.15) is 47.1 Å². The number of rotatable bonds is 3. The first kappa shape index (κ1) is 30.1. The molecule has 10 heteroatoms. The van der Waals surface area contributed by atoms with Gasteiger partial charge in [-0.3, -0.25) is 25.5 Å². The fourth-order valence-electron chi connectivity index (χ4n) is 2.19. The number of nitrogens with zero attached hydrogens (tertiary/aromatic N) is 3. The van der Waals surface area contributed by atoms with Gasteiger partial charge in [0, 0.05) is 16.0 Å². The Kier molecular flexibility index (Phi) is 11.9. The summed E-state index contributed by atoms with van der Waals surface area (Å²) in [4.78, 5) is 33.0. The molecule has 35 heavy (non-hydrogen) atoms. The number of ether oxygens (including phenoxy) is 2. The van der Waals surface area contributed by atoms with Crippen LogP contribution in [0.3, 0.4) is 0 Å². The molecule has 9 nitrogen and oxygen atoms in total. The molecule has 2 N–H and O–H groups in total. The summed E-state index contributed by atoms with van der Waals surface area (Å²) in [5.41, 5.74) is 0.897. The zero-order valence-corrected chi connectivity index (χ0v) is 23.7. The summed E-state index contributed by atoms with van der Waals surface area (Å²) in [6.07, 6.45) is 5.48. The number of hydrogen-bond acceptors (Lipinski definition) is 7. The van der Waals surface area contributed by atoms with Gasteiger partial charge in [-0.2, -0.15) is 0 Å². The van der Waals surface area contributed by atoms with Gasteiger partial charge < -0.3 is 9.47 Å². The Morgan fingerprint density at radius 3 is 1.89 bits per heavy atom. The van der Waals surface area contributed by atoms with Gasteiger partial charge in [-0.25, -0.2) is 9.59 Å². The van der Waals surface area contributed by atoms with Gasteiger partial charge in [0.15, 0.2) is 0 Å². The van der Waals surface area contributed by atoms with E-state index in [4.69, 9.17) is 9.47 Å². The van der Waals surface area contributed by atoms with Crippen molar-refractivity contribution in [1.82, 2.24) is 14.9 Å². The molecule has 0 atom stereocenters. The summed E-state index contributed by atoms with van der Waals surface area (Å²) in [7, 11) is 3.89.